The molecule has 0 aliphatic rings. The van der Waals surface area contributed by atoms with E-state index in [0.717, 1.165) is 72.5 Å². The van der Waals surface area contributed by atoms with Crippen molar-refractivity contribution in [2.45, 2.75) is 0 Å². The van der Waals surface area contributed by atoms with Crippen LogP contribution in [-0.4, -0.2) is 18.7 Å². The van der Waals surface area contributed by atoms with Crippen LogP contribution in [0.5, 0.6) is 0 Å². The van der Waals surface area contributed by atoms with E-state index in [1.165, 1.54) is 43.4 Å². The highest BCUT2D eigenvalue weighted by Crippen LogP contribution is 2.43. The molecular formula is C53H32N4O. The first-order valence-corrected chi connectivity index (χ1v) is 19.7. The summed E-state index contributed by atoms with van der Waals surface area (Å²) < 4.78 is 13.4. The van der Waals surface area contributed by atoms with E-state index in [9.17, 15) is 0 Å². The molecule has 270 valence electrons. The van der Waals surface area contributed by atoms with E-state index in [-0.39, 0.29) is 0 Å². The van der Waals surface area contributed by atoms with E-state index < -0.39 is 0 Å². The minimum absolute atomic E-state index is 0.867. The van der Waals surface area contributed by atoms with Crippen LogP contribution in [0, 0.1) is 0 Å². The molecule has 0 aliphatic carbocycles. The van der Waals surface area contributed by atoms with Crippen molar-refractivity contribution in [3.63, 3.8) is 0 Å². The van der Waals surface area contributed by atoms with Gasteiger partial charge in [0.05, 0.1) is 38.8 Å². The predicted molar refractivity (Wildman–Crippen MR) is 240 cm³/mol. The van der Waals surface area contributed by atoms with Crippen LogP contribution >= 0.6 is 0 Å². The first kappa shape index (κ1) is 31.3. The summed E-state index contributed by atoms with van der Waals surface area (Å²) in [7, 11) is 0. The molecule has 0 N–H and O–H groups in total. The third kappa shape index (κ3) is 4.33. The molecule has 13 rings (SSSR count). The molecule has 0 spiro atoms. The fourth-order valence-corrected chi connectivity index (χ4v) is 9.56. The van der Waals surface area contributed by atoms with Gasteiger partial charge in [0.2, 0.25) is 0 Å². The van der Waals surface area contributed by atoms with Crippen LogP contribution in [-0.2, 0) is 0 Å². The van der Waals surface area contributed by atoms with Crippen molar-refractivity contribution in [2.75, 3.05) is 0 Å². The normalized spacial score (nSPS) is 12.1. The molecule has 58 heavy (non-hydrogen) atoms. The number of pyridine rings is 1. The van der Waals surface area contributed by atoms with Crippen molar-refractivity contribution in [3.05, 3.63) is 194 Å². The van der Waals surface area contributed by atoms with Crippen molar-refractivity contribution in [1.29, 1.82) is 0 Å². The number of benzene rings is 8. The van der Waals surface area contributed by atoms with Crippen molar-refractivity contribution >= 4 is 87.4 Å². The molecule has 0 atom stereocenters. The molecule has 5 aromatic heterocycles. The van der Waals surface area contributed by atoms with Crippen molar-refractivity contribution in [2.24, 2.45) is 0 Å². The lowest BCUT2D eigenvalue weighted by Gasteiger charge is -2.13. The average molecular weight is 741 g/mol. The maximum Gasteiger partial charge on any atom is 0.138 e. The summed E-state index contributed by atoms with van der Waals surface area (Å²) >= 11 is 0. The minimum atomic E-state index is 0.867. The molecule has 5 nitrogen and oxygen atoms in total. The van der Waals surface area contributed by atoms with Gasteiger partial charge in [-0.15, -0.1) is 0 Å². The first-order chi connectivity index (χ1) is 28.8. The summed E-state index contributed by atoms with van der Waals surface area (Å²) in [5.74, 6) is 0.867. The van der Waals surface area contributed by atoms with Gasteiger partial charge < -0.3 is 13.6 Å². The number of aromatic nitrogens is 4. The van der Waals surface area contributed by atoms with Gasteiger partial charge in [-0.3, -0.25) is 4.57 Å². The Balaban J connectivity index is 1.10. The summed E-state index contributed by atoms with van der Waals surface area (Å²) in [6.07, 6.45) is 0. The zero-order chi connectivity index (χ0) is 37.9. The number of furan rings is 1. The van der Waals surface area contributed by atoms with Gasteiger partial charge in [0.1, 0.15) is 17.0 Å². The quantitative estimate of drug-likeness (QED) is 0.180. The molecule has 0 unspecified atom stereocenters. The second-order valence-electron chi connectivity index (χ2n) is 15.1. The average Bonchev–Trinajstić information content (AvgIpc) is 4.03. The van der Waals surface area contributed by atoms with E-state index in [0.29, 0.717) is 0 Å². The van der Waals surface area contributed by atoms with Gasteiger partial charge in [0.25, 0.3) is 0 Å². The maximum absolute atomic E-state index is 6.17. The van der Waals surface area contributed by atoms with Crippen LogP contribution in [0.15, 0.2) is 199 Å². The number of rotatable bonds is 4. The van der Waals surface area contributed by atoms with E-state index in [1.807, 2.05) is 12.1 Å². The summed E-state index contributed by atoms with van der Waals surface area (Å²) in [5, 5.41) is 9.43. The van der Waals surface area contributed by atoms with Gasteiger partial charge in [0, 0.05) is 60.0 Å². The lowest BCUT2D eigenvalue weighted by molar-refractivity contribution is 0.669. The van der Waals surface area contributed by atoms with Crippen molar-refractivity contribution in [3.8, 4) is 28.5 Å². The monoisotopic (exact) mass is 740 g/mol. The van der Waals surface area contributed by atoms with Crippen molar-refractivity contribution < 1.29 is 4.42 Å². The Bertz CT molecular complexity index is 3800. The molecule has 8 aromatic carbocycles. The van der Waals surface area contributed by atoms with Gasteiger partial charge in [0.15, 0.2) is 0 Å². The van der Waals surface area contributed by atoms with Crippen molar-refractivity contribution in [1.82, 2.24) is 18.7 Å². The predicted octanol–water partition coefficient (Wildman–Crippen LogP) is 13.9. The fourth-order valence-electron chi connectivity index (χ4n) is 9.56. The SMILES string of the molecule is c1ccc(-n2c3ccccc3c3cc(-n4c5ccccc5c5ccc6c7ccccc7n(-c7cccc(-c8ccc9oc%10ccccc%10c9c8)n7)c6c54)ccc32)cc1. The lowest BCUT2D eigenvalue weighted by atomic mass is 10.1. The van der Waals surface area contributed by atoms with Crippen LogP contribution in [0.3, 0.4) is 0 Å². The molecule has 0 aliphatic heterocycles. The van der Waals surface area contributed by atoms with Gasteiger partial charge >= 0.3 is 0 Å². The van der Waals surface area contributed by atoms with Crippen LogP contribution < -0.4 is 0 Å². The minimum Gasteiger partial charge on any atom is -0.456 e. The number of fused-ring (bicyclic) bond motifs is 13. The Morgan fingerprint density at radius 1 is 0.328 bits per heavy atom. The Morgan fingerprint density at radius 2 is 0.914 bits per heavy atom. The van der Waals surface area contributed by atoms with Crippen LogP contribution in [0.25, 0.3) is 116 Å². The van der Waals surface area contributed by atoms with E-state index in [1.54, 1.807) is 0 Å². The Hall–Kier alpha value is -7.89. The van der Waals surface area contributed by atoms with E-state index in [2.05, 4.69) is 196 Å². The van der Waals surface area contributed by atoms with Crippen LogP contribution in [0.2, 0.25) is 0 Å². The van der Waals surface area contributed by atoms with Gasteiger partial charge in [-0.05, 0) is 84.9 Å². The summed E-state index contributed by atoms with van der Waals surface area (Å²) in [4.78, 5) is 5.45. The molecule has 5 heterocycles. The second-order valence-corrected chi connectivity index (χ2v) is 15.1. The van der Waals surface area contributed by atoms with Gasteiger partial charge in [-0.1, -0.05) is 109 Å². The Labute approximate surface area is 331 Å². The van der Waals surface area contributed by atoms with Crippen LogP contribution in [0.4, 0.5) is 0 Å². The summed E-state index contributed by atoms with van der Waals surface area (Å²) in [6, 6.07) is 69.4. The molecule has 0 radical (unpaired) electrons. The number of hydrogen-bond acceptors (Lipinski definition) is 2. The number of para-hydroxylation sites is 5. The number of nitrogens with zero attached hydrogens (tertiary/aromatic N) is 4. The lowest BCUT2D eigenvalue weighted by Crippen LogP contribution is -2.01. The standard InChI is InChI=1S/C53H32N4O/c1-2-13-34(14-3-1)55-45-20-8-6-17-38(45)42-32-35(26-29-48(42)55)56-46-21-9-4-15-36(46)40-27-28-41-37-16-5-10-22-47(37)57(53(41)52(40)56)51-24-12-19-44(54-51)33-25-30-50-43(31-33)39-18-7-11-23-49(39)58-50/h1-32H. The van der Waals surface area contributed by atoms with E-state index in [4.69, 9.17) is 9.40 Å². The smallest absolute Gasteiger partial charge is 0.138 e. The zero-order valence-corrected chi connectivity index (χ0v) is 31.2. The highest BCUT2D eigenvalue weighted by atomic mass is 16.3. The Morgan fingerprint density at radius 3 is 1.67 bits per heavy atom. The second kappa shape index (κ2) is 11.8. The molecule has 5 heteroatoms. The maximum atomic E-state index is 6.17. The highest BCUT2D eigenvalue weighted by molar-refractivity contribution is 6.24. The largest absolute Gasteiger partial charge is 0.456 e. The summed E-state index contributed by atoms with van der Waals surface area (Å²) in [6.45, 7) is 0. The first-order valence-electron chi connectivity index (χ1n) is 19.7. The molecule has 13 aromatic rings. The molecule has 0 bridgehead atoms. The zero-order valence-electron chi connectivity index (χ0n) is 31.2. The molecule has 0 saturated heterocycles. The van der Waals surface area contributed by atoms with Gasteiger partial charge in [-0.25, -0.2) is 4.98 Å². The number of hydrogen-bond donors (Lipinski definition) is 0. The third-order valence-corrected chi connectivity index (χ3v) is 12.0. The molecule has 0 saturated carbocycles. The van der Waals surface area contributed by atoms with Crippen LogP contribution in [0.1, 0.15) is 0 Å². The third-order valence-electron chi connectivity index (χ3n) is 12.0. The molecule has 0 amide bonds. The molecular weight excluding hydrogens is 709 g/mol. The van der Waals surface area contributed by atoms with Gasteiger partial charge in [-0.2, -0.15) is 0 Å². The molecule has 0 fully saturated rings. The Kier molecular flexibility index (Phi) is 6.38. The summed E-state index contributed by atoms with van der Waals surface area (Å²) in [5.41, 5.74) is 12.9. The highest BCUT2D eigenvalue weighted by Gasteiger charge is 2.23. The topological polar surface area (TPSA) is 40.8 Å². The van der Waals surface area contributed by atoms with E-state index >= 15 is 0 Å². The fraction of sp³-hybridized carbons (Fsp3) is 0.